The molecule has 90 valence electrons. The predicted molar refractivity (Wildman–Crippen MR) is 70.5 cm³/mol. The van der Waals surface area contributed by atoms with Gasteiger partial charge in [-0.3, -0.25) is 0 Å². The van der Waals surface area contributed by atoms with Gasteiger partial charge in [-0.25, -0.2) is 0 Å². The maximum Gasteiger partial charge on any atom is 0.0104 e. The lowest BCUT2D eigenvalue weighted by molar-refractivity contribution is 0.290. The van der Waals surface area contributed by atoms with Crippen molar-refractivity contribution < 1.29 is 0 Å². The molecule has 1 aromatic rings. The molecule has 0 aliphatic rings. The van der Waals surface area contributed by atoms with Crippen molar-refractivity contribution in [1.29, 1.82) is 0 Å². The Morgan fingerprint density at radius 3 is 2.44 bits per heavy atom. The Morgan fingerprint density at radius 1 is 1.06 bits per heavy atom. The third kappa shape index (κ3) is 5.29. The van der Waals surface area contributed by atoms with Gasteiger partial charge in [0.05, 0.1) is 0 Å². The van der Waals surface area contributed by atoms with E-state index in [1.807, 2.05) is 0 Å². The van der Waals surface area contributed by atoms with Crippen molar-refractivity contribution in [3.05, 3.63) is 35.9 Å². The van der Waals surface area contributed by atoms with Crippen molar-refractivity contribution >= 4 is 0 Å². The molecule has 0 atom stereocenters. The summed E-state index contributed by atoms with van der Waals surface area (Å²) in [4.78, 5) is 2.42. The quantitative estimate of drug-likeness (QED) is 0.681. The Labute approximate surface area is 99.5 Å². The minimum Gasteiger partial charge on any atom is -0.329 e. The molecular formula is C14H24N2. The van der Waals surface area contributed by atoms with Gasteiger partial charge in [0.2, 0.25) is 0 Å². The fourth-order valence-corrected chi connectivity index (χ4v) is 1.92. The Morgan fingerprint density at radius 2 is 1.81 bits per heavy atom. The number of nitrogens with zero attached hydrogens (tertiary/aromatic N) is 1. The molecule has 2 heteroatoms. The highest BCUT2D eigenvalue weighted by Crippen LogP contribution is 2.05. The lowest BCUT2D eigenvalue weighted by Gasteiger charge is -2.18. The van der Waals surface area contributed by atoms with Gasteiger partial charge in [-0.1, -0.05) is 37.3 Å². The maximum absolute atomic E-state index is 5.56. The summed E-state index contributed by atoms with van der Waals surface area (Å²) in [6.45, 7) is 6.30. The Kier molecular flexibility index (Phi) is 6.86. The Balaban J connectivity index is 2.11. The highest BCUT2D eigenvalue weighted by molar-refractivity contribution is 5.14. The minimum atomic E-state index is 0.770. The van der Waals surface area contributed by atoms with E-state index >= 15 is 0 Å². The van der Waals surface area contributed by atoms with Crippen molar-refractivity contribution in [1.82, 2.24) is 4.90 Å². The summed E-state index contributed by atoms with van der Waals surface area (Å²) in [6.07, 6.45) is 3.73. The topological polar surface area (TPSA) is 29.3 Å². The number of nitrogens with two attached hydrogens (primary N) is 1. The summed E-state index contributed by atoms with van der Waals surface area (Å²) in [5, 5.41) is 0. The molecule has 0 heterocycles. The molecule has 16 heavy (non-hydrogen) atoms. The molecule has 1 aromatic carbocycles. The van der Waals surface area contributed by atoms with Crippen LogP contribution in [0.5, 0.6) is 0 Å². The molecule has 0 aliphatic heterocycles. The molecule has 0 unspecified atom stereocenters. The average Bonchev–Trinajstić information content (AvgIpc) is 2.34. The summed E-state index contributed by atoms with van der Waals surface area (Å²) in [7, 11) is 0. The molecule has 0 radical (unpaired) electrons. The monoisotopic (exact) mass is 220 g/mol. The summed E-state index contributed by atoms with van der Waals surface area (Å²) >= 11 is 0. The number of likely N-dealkylation sites (N-methyl/N-ethyl adjacent to an activating group) is 1. The van der Waals surface area contributed by atoms with Crippen LogP contribution in [-0.4, -0.2) is 31.1 Å². The van der Waals surface area contributed by atoms with Crippen molar-refractivity contribution in [2.45, 2.75) is 26.2 Å². The van der Waals surface area contributed by atoms with Gasteiger partial charge < -0.3 is 10.6 Å². The molecule has 0 aliphatic carbocycles. The van der Waals surface area contributed by atoms with Gasteiger partial charge in [0, 0.05) is 13.1 Å². The van der Waals surface area contributed by atoms with E-state index in [0.29, 0.717) is 0 Å². The smallest absolute Gasteiger partial charge is 0.0104 e. The number of hydrogen-bond donors (Lipinski definition) is 1. The number of hydrogen-bond acceptors (Lipinski definition) is 2. The molecule has 0 fully saturated rings. The van der Waals surface area contributed by atoms with E-state index in [4.69, 9.17) is 5.73 Å². The van der Waals surface area contributed by atoms with Crippen molar-refractivity contribution in [3.63, 3.8) is 0 Å². The van der Waals surface area contributed by atoms with Gasteiger partial charge in [-0.2, -0.15) is 0 Å². The zero-order valence-electron chi connectivity index (χ0n) is 10.4. The van der Waals surface area contributed by atoms with Crippen LogP contribution in [-0.2, 0) is 6.42 Å². The Bertz CT molecular complexity index is 259. The number of aryl methyl sites for hydroxylation is 1. The second kappa shape index (κ2) is 8.31. The van der Waals surface area contributed by atoms with Crippen LogP contribution in [0.2, 0.25) is 0 Å². The van der Waals surface area contributed by atoms with Gasteiger partial charge in [-0.05, 0) is 37.9 Å². The van der Waals surface area contributed by atoms with E-state index in [1.54, 1.807) is 0 Å². The third-order valence-electron chi connectivity index (χ3n) is 2.93. The summed E-state index contributed by atoms with van der Waals surface area (Å²) in [5.74, 6) is 0. The van der Waals surface area contributed by atoms with Gasteiger partial charge in [0.1, 0.15) is 0 Å². The zero-order valence-corrected chi connectivity index (χ0v) is 10.4. The predicted octanol–water partition coefficient (Wildman–Crippen LogP) is 2.29. The van der Waals surface area contributed by atoms with Crippen LogP contribution in [0.1, 0.15) is 25.3 Å². The summed E-state index contributed by atoms with van der Waals surface area (Å²) < 4.78 is 0. The van der Waals surface area contributed by atoms with Crippen LogP contribution in [0.3, 0.4) is 0 Å². The summed E-state index contributed by atoms with van der Waals surface area (Å²) in [5.41, 5.74) is 7.01. The minimum absolute atomic E-state index is 0.770. The molecule has 0 aromatic heterocycles. The van der Waals surface area contributed by atoms with Gasteiger partial charge in [0.25, 0.3) is 0 Å². The normalized spacial score (nSPS) is 10.9. The SMILES string of the molecule is CCN(CCN)CCCCc1ccccc1. The lowest BCUT2D eigenvalue weighted by atomic mass is 10.1. The lowest BCUT2D eigenvalue weighted by Crippen LogP contribution is -2.30. The zero-order chi connectivity index (χ0) is 11.6. The van der Waals surface area contributed by atoms with Crippen LogP contribution in [0.25, 0.3) is 0 Å². The molecular weight excluding hydrogens is 196 g/mol. The van der Waals surface area contributed by atoms with Crippen molar-refractivity contribution in [2.24, 2.45) is 5.73 Å². The van der Waals surface area contributed by atoms with E-state index in [0.717, 1.165) is 19.6 Å². The second-order valence-electron chi connectivity index (χ2n) is 4.17. The molecule has 0 saturated heterocycles. The standard InChI is InChI=1S/C14H24N2/c1-2-16(13-11-15)12-7-6-10-14-8-4-3-5-9-14/h3-5,8-9H,2,6-7,10-13,15H2,1H3. The van der Waals surface area contributed by atoms with Gasteiger partial charge in [-0.15, -0.1) is 0 Å². The highest BCUT2D eigenvalue weighted by atomic mass is 15.1. The molecule has 2 nitrogen and oxygen atoms in total. The largest absolute Gasteiger partial charge is 0.329 e. The second-order valence-corrected chi connectivity index (χ2v) is 4.17. The number of rotatable bonds is 8. The number of benzene rings is 1. The van der Waals surface area contributed by atoms with E-state index in [2.05, 4.69) is 42.2 Å². The first-order valence-corrected chi connectivity index (χ1v) is 6.33. The van der Waals surface area contributed by atoms with E-state index in [1.165, 1.54) is 31.4 Å². The molecule has 0 amide bonds. The van der Waals surface area contributed by atoms with Crippen LogP contribution < -0.4 is 5.73 Å². The fourth-order valence-electron chi connectivity index (χ4n) is 1.92. The van der Waals surface area contributed by atoms with E-state index < -0.39 is 0 Å². The molecule has 0 saturated carbocycles. The van der Waals surface area contributed by atoms with Crippen LogP contribution in [0, 0.1) is 0 Å². The van der Waals surface area contributed by atoms with Crippen LogP contribution >= 0.6 is 0 Å². The van der Waals surface area contributed by atoms with Crippen LogP contribution in [0.4, 0.5) is 0 Å². The third-order valence-corrected chi connectivity index (χ3v) is 2.93. The average molecular weight is 220 g/mol. The summed E-state index contributed by atoms with van der Waals surface area (Å²) in [6, 6.07) is 10.7. The molecule has 2 N–H and O–H groups in total. The fraction of sp³-hybridized carbons (Fsp3) is 0.571. The number of unbranched alkanes of at least 4 members (excludes halogenated alkanes) is 1. The van der Waals surface area contributed by atoms with Crippen molar-refractivity contribution in [3.8, 4) is 0 Å². The highest BCUT2D eigenvalue weighted by Gasteiger charge is 2.00. The Hall–Kier alpha value is -0.860. The molecule has 1 rings (SSSR count). The molecule has 0 spiro atoms. The first kappa shape index (κ1) is 13.2. The van der Waals surface area contributed by atoms with E-state index in [-0.39, 0.29) is 0 Å². The molecule has 0 bridgehead atoms. The van der Waals surface area contributed by atoms with Gasteiger partial charge in [0.15, 0.2) is 0 Å². The van der Waals surface area contributed by atoms with E-state index in [9.17, 15) is 0 Å². The first-order valence-electron chi connectivity index (χ1n) is 6.33. The van der Waals surface area contributed by atoms with Crippen LogP contribution in [0.15, 0.2) is 30.3 Å². The first-order chi connectivity index (χ1) is 7.86. The maximum atomic E-state index is 5.56. The van der Waals surface area contributed by atoms with Crippen molar-refractivity contribution in [2.75, 3.05) is 26.2 Å². The van der Waals surface area contributed by atoms with Gasteiger partial charge >= 0.3 is 0 Å².